The van der Waals surface area contributed by atoms with Gasteiger partial charge in [0, 0.05) is 30.6 Å². The summed E-state index contributed by atoms with van der Waals surface area (Å²) in [5.74, 6) is 0.840. The molecule has 1 aliphatic heterocycles. The number of benzene rings is 1. The van der Waals surface area contributed by atoms with Crippen LogP contribution in [0.15, 0.2) is 28.7 Å². The van der Waals surface area contributed by atoms with Crippen LogP contribution in [0.1, 0.15) is 13.3 Å². The monoisotopic (exact) mass is 329 g/mol. The van der Waals surface area contributed by atoms with Gasteiger partial charge in [-0.05, 0) is 25.1 Å². The van der Waals surface area contributed by atoms with Gasteiger partial charge in [0.15, 0.2) is 0 Å². The van der Waals surface area contributed by atoms with Gasteiger partial charge in [-0.15, -0.1) is 0 Å². The van der Waals surface area contributed by atoms with Gasteiger partial charge in [-0.2, -0.15) is 0 Å². The van der Waals surface area contributed by atoms with Crippen molar-refractivity contribution >= 4 is 15.9 Å². The number of hydrogen-bond acceptors (Lipinski definition) is 4. The zero-order chi connectivity index (χ0) is 13.7. The SMILES string of the molecule is CC1OCCC1(O)CNCCOc1cccc(Br)c1. The first kappa shape index (κ1) is 14.8. The van der Waals surface area contributed by atoms with E-state index in [2.05, 4.69) is 21.2 Å². The van der Waals surface area contributed by atoms with Gasteiger partial charge in [-0.3, -0.25) is 0 Å². The molecule has 0 radical (unpaired) electrons. The smallest absolute Gasteiger partial charge is 0.120 e. The third-order valence-corrected chi connectivity index (χ3v) is 3.93. The minimum atomic E-state index is -0.740. The van der Waals surface area contributed by atoms with Gasteiger partial charge in [0.05, 0.1) is 6.10 Å². The number of ether oxygens (including phenoxy) is 2. The second kappa shape index (κ2) is 6.70. The molecule has 1 fully saturated rings. The fourth-order valence-corrected chi connectivity index (χ4v) is 2.48. The molecule has 0 aromatic heterocycles. The molecule has 1 aliphatic rings. The summed E-state index contributed by atoms with van der Waals surface area (Å²) in [5.41, 5.74) is -0.740. The summed E-state index contributed by atoms with van der Waals surface area (Å²) in [6.45, 7) is 4.35. The zero-order valence-electron chi connectivity index (χ0n) is 11.1. The molecule has 2 atom stereocenters. The Morgan fingerprint density at radius 2 is 2.42 bits per heavy atom. The Morgan fingerprint density at radius 1 is 1.58 bits per heavy atom. The highest BCUT2D eigenvalue weighted by Crippen LogP contribution is 2.24. The molecule has 1 saturated heterocycles. The average Bonchev–Trinajstić information content (AvgIpc) is 2.70. The predicted octanol–water partition coefficient (Wildman–Crippen LogP) is 1.96. The van der Waals surface area contributed by atoms with Crippen molar-refractivity contribution in [2.24, 2.45) is 0 Å². The van der Waals surface area contributed by atoms with Crippen LogP contribution in [-0.4, -0.2) is 43.1 Å². The van der Waals surface area contributed by atoms with E-state index in [1.54, 1.807) is 0 Å². The Bertz CT molecular complexity index is 415. The first-order chi connectivity index (χ1) is 9.10. The van der Waals surface area contributed by atoms with Gasteiger partial charge >= 0.3 is 0 Å². The Kier molecular flexibility index (Phi) is 5.21. The number of hydrogen-bond donors (Lipinski definition) is 2. The van der Waals surface area contributed by atoms with Crippen molar-refractivity contribution in [3.05, 3.63) is 28.7 Å². The molecule has 4 nitrogen and oxygen atoms in total. The lowest BCUT2D eigenvalue weighted by atomic mass is 9.97. The third-order valence-electron chi connectivity index (χ3n) is 3.43. The minimum Gasteiger partial charge on any atom is -0.492 e. The number of rotatable bonds is 6. The van der Waals surface area contributed by atoms with E-state index in [0.717, 1.165) is 10.2 Å². The van der Waals surface area contributed by atoms with Crippen LogP contribution in [-0.2, 0) is 4.74 Å². The number of halogens is 1. The lowest BCUT2D eigenvalue weighted by molar-refractivity contribution is -0.0263. The van der Waals surface area contributed by atoms with E-state index in [9.17, 15) is 5.11 Å². The van der Waals surface area contributed by atoms with Gasteiger partial charge in [-0.1, -0.05) is 22.0 Å². The maximum atomic E-state index is 10.3. The van der Waals surface area contributed by atoms with E-state index >= 15 is 0 Å². The predicted molar refractivity (Wildman–Crippen MR) is 77.5 cm³/mol. The number of aliphatic hydroxyl groups is 1. The van der Waals surface area contributed by atoms with Crippen LogP contribution >= 0.6 is 15.9 Å². The zero-order valence-corrected chi connectivity index (χ0v) is 12.6. The van der Waals surface area contributed by atoms with Crippen molar-refractivity contribution in [3.8, 4) is 5.75 Å². The molecule has 0 saturated carbocycles. The van der Waals surface area contributed by atoms with Gasteiger partial charge in [-0.25, -0.2) is 0 Å². The fraction of sp³-hybridized carbons (Fsp3) is 0.571. The highest BCUT2D eigenvalue weighted by Gasteiger charge is 2.38. The Hall–Kier alpha value is -0.620. The quantitative estimate of drug-likeness (QED) is 0.783. The van der Waals surface area contributed by atoms with Crippen LogP contribution in [0.25, 0.3) is 0 Å². The van der Waals surface area contributed by atoms with Crippen molar-refractivity contribution in [2.75, 3.05) is 26.3 Å². The van der Waals surface area contributed by atoms with E-state index in [0.29, 0.717) is 32.7 Å². The van der Waals surface area contributed by atoms with Crippen LogP contribution in [0, 0.1) is 0 Å². The highest BCUT2D eigenvalue weighted by atomic mass is 79.9. The summed E-state index contributed by atoms with van der Waals surface area (Å²) in [5, 5.41) is 13.5. The van der Waals surface area contributed by atoms with Crippen LogP contribution < -0.4 is 10.1 Å². The summed E-state index contributed by atoms with van der Waals surface area (Å²) in [4.78, 5) is 0. The fourth-order valence-electron chi connectivity index (χ4n) is 2.11. The van der Waals surface area contributed by atoms with Crippen molar-refractivity contribution < 1.29 is 14.6 Å². The molecule has 5 heteroatoms. The summed E-state index contributed by atoms with van der Waals surface area (Å²) in [6.07, 6.45) is 0.583. The first-order valence-corrected chi connectivity index (χ1v) is 7.32. The largest absolute Gasteiger partial charge is 0.492 e. The van der Waals surface area contributed by atoms with Crippen molar-refractivity contribution in [1.29, 1.82) is 0 Å². The van der Waals surface area contributed by atoms with Crippen molar-refractivity contribution in [1.82, 2.24) is 5.32 Å². The third kappa shape index (κ3) is 4.18. The molecular weight excluding hydrogens is 310 g/mol. The molecule has 0 aliphatic carbocycles. The standard InChI is InChI=1S/C14H20BrNO3/c1-11-14(17,5-7-18-11)10-16-6-8-19-13-4-2-3-12(15)9-13/h2-4,9,11,16-17H,5-8,10H2,1H3. The normalized spacial score (nSPS) is 26.6. The summed E-state index contributed by atoms with van der Waals surface area (Å²) in [7, 11) is 0. The van der Waals surface area contributed by atoms with Crippen LogP contribution in [0.2, 0.25) is 0 Å². The van der Waals surface area contributed by atoms with Gasteiger partial charge in [0.1, 0.15) is 18.0 Å². The first-order valence-electron chi connectivity index (χ1n) is 6.53. The molecule has 2 N–H and O–H groups in total. The van der Waals surface area contributed by atoms with Crippen molar-refractivity contribution in [2.45, 2.75) is 25.0 Å². The minimum absolute atomic E-state index is 0.106. The van der Waals surface area contributed by atoms with E-state index in [4.69, 9.17) is 9.47 Å². The molecular formula is C14H20BrNO3. The summed E-state index contributed by atoms with van der Waals surface area (Å²) < 4.78 is 12.0. The van der Waals surface area contributed by atoms with Crippen LogP contribution in [0.4, 0.5) is 0 Å². The van der Waals surface area contributed by atoms with E-state index in [1.807, 2.05) is 31.2 Å². The maximum Gasteiger partial charge on any atom is 0.120 e. The second-order valence-electron chi connectivity index (χ2n) is 4.85. The Labute approximate surface area is 122 Å². The van der Waals surface area contributed by atoms with Gasteiger partial charge in [0.25, 0.3) is 0 Å². The molecule has 1 aromatic rings. The summed E-state index contributed by atoms with van der Waals surface area (Å²) >= 11 is 3.40. The second-order valence-corrected chi connectivity index (χ2v) is 5.76. The van der Waals surface area contributed by atoms with Crippen LogP contribution in [0.3, 0.4) is 0 Å². The van der Waals surface area contributed by atoms with Gasteiger partial charge < -0.3 is 19.9 Å². The topological polar surface area (TPSA) is 50.7 Å². The van der Waals surface area contributed by atoms with E-state index in [1.165, 1.54) is 0 Å². The lowest BCUT2D eigenvalue weighted by Crippen LogP contribution is -2.46. The summed E-state index contributed by atoms with van der Waals surface area (Å²) in [6, 6.07) is 7.75. The highest BCUT2D eigenvalue weighted by molar-refractivity contribution is 9.10. The Morgan fingerprint density at radius 3 is 3.11 bits per heavy atom. The van der Waals surface area contributed by atoms with E-state index in [-0.39, 0.29) is 6.10 Å². The number of nitrogens with one attached hydrogen (secondary N) is 1. The molecule has 19 heavy (non-hydrogen) atoms. The Balaban J connectivity index is 1.65. The van der Waals surface area contributed by atoms with Crippen LogP contribution in [0.5, 0.6) is 5.75 Å². The molecule has 0 spiro atoms. The molecule has 106 valence electrons. The molecule has 1 heterocycles. The van der Waals surface area contributed by atoms with Gasteiger partial charge in [0.2, 0.25) is 0 Å². The molecule has 1 aromatic carbocycles. The molecule has 2 unspecified atom stereocenters. The van der Waals surface area contributed by atoms with E-state index < -0.39 is 5.60 Å². The average molecular weight is 330 g/mol. The maximum absolute atomic E-state index is 10.3. The lowest BCUT2D eigenvalue weighted by Gasteiger charge is -2.26. The van der Waals surface area contributed by atoms with Crippen molar-refractivity contribution in [3.63, 3.8) is 0 Å². The molecule has 2 rings (SSSR count). The molecule has 0 amide bonds. The molecule has 0 bridgehead atoms.